The molecule has 2 saturated heterocycles. The molecule has 3 rings (SSSR count). The van der Waals surface area contributed by atoms with Crippen LogP contribution in [0.1, 0.15) is 19.8 Å². The number of fused-ring (bicyclic) bond motifs is 1. The first kappa shape index (κ1) is 17.1. The first-order valence-electron chi connectivity index (χ1n) is 8.19. The van der Waals surface area contributed by atoms with Gasteiger partial charge in [-0.1, -0.05) is 12.2 Å². The molecule has 25 heavy (non-hydrogen) atoms. The molecule has 0 saturated carbocycles. The second-order valence-corrected chi connectivity index (χ2v) is 6.27. The molecule has 0 bridgehead atoms. The first-order chi connectivity index (χ1) is 11.9. The van der Waals surface area contributed by atoms with E-state index >= 15 is 0 Å². The minimum atomic E-state index is -1.17. The van der Waals surface area contributed by atoms with Gasteiger partial charge in [0.1, 0.15) is 6.54 Å². The molecule has 3 atom stereocenters. The van der Waals surface area contributed by atoms with Crippen LogP contribution in [0.15, 0.2) is 12.2 Å². The lowest BCUT2D eigenvalue weighted by atomic mass is 9.85. The summed E-state index contributed by atoms with van der Waals surface area (Å²) in [6.45, 7) is 1.38. The summed E-state index contributed by atoms with van der Waals surface area (Å²) >= 11 is 0. The van der Waals surface area contributed by atoms with Crippen molar-refractivity contribution in [3.05, 3.63) is 12.2 Å². The molecule has 1 N–H and O–H groups in total. The summed E-state index contributed by atoms with van der Waals surface area (Å²) in [6, 6.07) is -0.533. The fourth-order valence-corrected chi connectivity index (χ4v) is 3.34. The van der Waals surface area contributed by atoms with E-state index in [1.54, 1.807) is 0 Å². The molecule has 3 aliphatic rings. The standard InChI is InChI=1S/C16H19N3O6/c1-9(13(21)18-7-6-17-16(18)24)25-12(20)8-19-14(22)10-4-2-3-5-11(10)15(19)23/h2-3,9-11H,4-8H2,1H3,(H,17,24)/t9-,10-,11-/m0/s1. The SMILES string of the molecule is C[C@H](OC(=O)CN1C(=O)[C@H]2CC=CC[C@@H]2C1=O)C(=O)N1CCNC1=O. The molecular formula is C16H19N3O6. The molecule has 2 heterocycles. The normalized spacial score (nSPS) is 26.5. The lowest BCUT2D eigenvalue weighted by Gasteiger charge is -2.19. The highest BCUT2D eigenvalue weighted by Gasteiger charge is 2.48. The van der Waals surface area contributed by atoms with Crippen LogP contribution in [0, 0.1) is 11.8 Å². The maximum atomic E-state index is 12.3. The third-order valence-corrected chi connectivity index (χ3v) is 4.66. The fraction of sp³-hybridized carbons (Fsp3) is 0.562. The summed E-state index contributed by atoms with van der Waals surface area (Å²) < 4.78 is 5.01. The average molecular weight is 349 g/mol. The van der Waals surface area contributed by atoms with E-state index in [0.717, 1.165) is 9.80 Å². The van der Waals surface area contributed by atoms with Gasteiger partial charge in [0.05, 0.1) is 11.8 Å². The summed E-state index contributed by atoms with van der Waals surface area (Å²) in [5.41, 5.74) is 0. The highest BCUT2D eigenvalue weighted by Crippen LogP contribution is 2.34. The highest BCUT2D eigenvalue weighted by molar-refractivity contribution is 6.07. The number of urea groups is 1. The minimum Gasteiger partial charge on any atom is -0.451 e. The van der Waals surface area contributed by atoms with Crippen molar-refractivity contribution in [3.63, 3.8) is 0 Å². The highest BCUT2D eigenvalue weighted by atomic mass is 16.5. The molecule has 2 fully saturated rings. The zero-order chi connectivity index (χ0) is 18.1. The Morgan fingerprint density at radius 2 is 1.80 bits per heavy atom. The molecule has 2 aliphatic heterocycles. The van der Waals surface area contributed by atoms with Gasteiger partial charge in [0.25, 0.3) is 5.91 Å². The number of imide groups is 2. The molecule has 1 aliphatic carbocycles. The van der Waals surface area contributed by atoms with Crippen LogP contribution in [0.2, 0.25) is 0 Å². The quantitative estimate of drug-likeness (QED) is 0.413. The van der Waals surface area contributed by atoms with Crippen LogP contribution >= 0.6 is 0 Å². The molecule has 5 amide bonds. The lowest BCUT2D eigenvalue weighted by molar-refractivity contribution is -0.161. The number of hydrogen-bond donors (Lipinski definition) is 1. The summed E-state index contributed by atoms with van der Waals surface area (Å²) in [5, 5.41) is 2.48. The van der Waals surface area contributed by atoms with Gasteiger partial charge in [0, 0.05) is 13.1 Å². The van der Waals surface area contributed by atoms with Crippen LogP contribution in [0.4, 0.5) is 4.79 Å². The van der Waals surface area contributed by atoms with Crippen LogP contribution in [-0.4, -0.2) is 65.3 Å². The number of carbonyl (C=O) groups excluding carboxylic acids is 5. The Bertz CT molecular complexity index is 647. The summed E-state index contributed by atoms with van der Waals surface area (Å²) in [5.74, 6) is -3.09. The number of nitrogens with zero attached hydrogens (tertiary/aromatic N) is 2. The van der Waals surface area contributed by atoms with Gasteiger partial charge < -0.3 is 10.1 Å². The molecule has 0 unspecified atom stereocenters. The Morgan fingerprint density at radius 1 is 1.20 bits per heavy atom. The van der Waals surface area contributed by atoms with Gasteiger partial charge in [-0.15, -0.1) is 0 Å². The number of carbonyl (C=O) groups is 5. The molecule has 9 nitrogen and oxygen atoms in total. The minimum absolute atomic E-state index is 0.207. The predicted molar refractivity (Wildman–Crippen MR) is 82.7 cm³/mol. The van der Waals surface area contributed by atoms with E-state index in [4.69, 9.17) is 4.74 Å². The topological polar surface area (TPSA) is 113 Å². The molecule has 9 heteroatoms. The van der Waals surface area contributed by atoms with E-state index in [9.17, 15) is 24.0 Å². The number of nitrogens with one attached hydrogen (secondary N) is 1. The lowest BCUT2D eigenvalue weighted by Crippen LogP contribution is -2.43. The Balaban J connectivity index is 1.57. The third-order valence-electron chi connectivity index (χ3n) is 4.66. The van der Waals surface area contributed by atoms with E-state index in [-0.39, 0.29) is 18.4 Å². The molecular weight excluding hydrogens is 330 g/mol. The van der Waals surface area contributed by atoms with Crippen LogP contribution < -0.4 is 5.32 Å². The van der Waals surface area contributed by atoms with Gasteiger partial charge in [-0.2, -0.15) is 0 Å². The van der Waals surface area contributed by atoms with Crippen molar-refractivity contribution in [1.82, 2.24) is 15.1 Å². The molecule has 0 aromatic rings. The summed E-state index contributed by atoms with van der Waals surface area (Å²) in [7, 11) is 0. The number of hydrogen-bond acceptors (Lipinski definition) is 6. The van der Waals surface area contributed by atoms with Crippen molar-refractivity contribution < 1.29 is 28.7 Å². The first-order valence-corrected chi connectivity index (χ1v) is 8.19. The zero-order valence-electron chi connectivity index (χ0n) is 13.8. The average Bonchev–Trinajstić information content (AvgIpc) is 3.12. The van der Waals surface area contributed by atoms with Crippen molar-refractivity contribution in [1.29, 1.82) is 0 Å². The maximum Gasteiger partial charge on any atom is 0.326 e. The Hall–Kier alpha value is -2.71. The van der Waals surface area contributed by atoms with E-state index in [1.165, 1.54) is 6.92 Å². The van der Waals surface area contributed by atoms with Gasteiger partial charge in [-0.25, -0.2) is 4.79 Å². The fourth-order valence-electron chi connectivity index (χ4n) is 3.34. The van der Waals surface area contributed by atoms with Crippen molar-refractivity contribution in [2.45, 2.75) is 25.9 Å². The molecule has 0 radical (unpaired) electrons. The van der Waals surface area contributed by atoms with Gasteiger partial charge in [-0.05, 0) is 19.8 Å². The van der Waals surface area contributed by atoms with Gasteiger partial charge in [0.2, 0.25) is 11.8 Å². The number of esters is 1. The zero-order valence-corrected chi connectivity index (χ0v) is 13.8. The van der Waals surface area contributed by atoms with Gasteiger partial charge >= 0.3 is 12.0 Å². The summed E-state index contributed by atoms with van der Waals surface area (Å²) in [4.78, 5) is 62.1. The smallest absolute Gasteiger partial charge is 0.326 e. The van der Waals surface area contributed by atoms with Gasteiger partial charge in [0.15, 0.2) is 6.10 Å². The van der Waals surface area contributed by atoms with Crippen LogP contribution in [0.3, 0.4) is 0 Å². The number of rotatable bonds is 4. The second kappa shape index (κ2) is 6.66. The van der Waals surface area contributed by atoms with E-state index in [1.807, 2.05) is 12.2 Å². The molecule has 0 aromatic carbocycles. The molecule has 0 spiro atoms. The van der Waals surface area contributed by atoms with E-state index in [0.29, 0.717) is 19.4 Å². The number of amides is 5. The number of likely N-dealkylation sites (tertiary alicyclic amines) is 1. The number of allylic oxidation sites excluding steroid dienone is 2. The van der Waals surface area contributed by atoms with Crippen LogP contribution in [-0.2, 0) is 23.9 Å². The predicted octanol–water partition coefficient (Wildman–Crippen LogP) is -0.579. The monoisotopic (exact) mass is 349 g/mol. The van der Waals surface area contributed by atoms with Crippen molar-refractivity contribution in [2.75, 3.05) is 19.6 Å². The Labute approximate surface area is 143 Å². The molecule has 134 valence electrons. The maximum absolute atomic E-state index is 12.3. The van der Waals surface area contributed by atoms with Crippen molar-refractivity contribution >= 4 is 29.7 Å². The molecule has 0 aromatic heterocycles. The largest absolute Gasteiger partial charge is 0.451 e. The Kier molecular flexibility index (Phi) is 4.56. The number of ether oxygens (including phenoxy) is 1. The van der Waals surface area contributed by atoms with E-state index < -0.39 is 42.4 Å². The van der Waals surface area contributed by atoms with Crippen molar-refractivity contribution in [3.8, 4) is 0 Å². The van der Waals surface area contributed by atoms with Crippen LogP contribution in [0.25, 0.3) is 0 Å². The van der Waals surface area contributed by atoms with Crippen molar-refractivity contribution in [2.24, 2.45) is 11.8 Å². The van der Waals surface area contributed by atoms with E-state index in [2.05, 4.69) is 5.32 Å². The van der Waals surface area contributed by atoms with Gasteiger partial charge in [-0.3, -0.25) is 29.0 Å². The third kappa shape index (κ3) is 3.13. The second-order valence-electron chi connectivity index (χ2n) is 6.27. The van der Waals surface area contributed by atoms with Crippen LogP contribution in [0.5, 0.6) is 0 Å². The Morgan fingerprint density at radius 3 is 2.32 bits per heavy atom. The summed E-state index contributed by atoms with van der Waals surface area (Å²) in [6.07, 6.45) is 3.51.